The molecule has 0 aliphatic carbocycles. The van der Waals surface area contributed by atoms with Crippen LogP contribution >= 0.6 is 0 Å². The van der Waals surface area contributed by atoms with Crippen molar-refractivity contribution in [1.82, 2.24) is 10.2 Å². The summed E-state index contributed by atoms with van der Waals surface area (Å²) in [6.07, 6.45) is 2.60. The van der Waals surface area contributed by atoms with Gasteiger partial charge in [-0.3, -0.25) is 0 Å². The summed E-state index contributed by atoms with van der Waals surface area (Å²) in [7, 11) is 0. The second kappa shape index (κ2) is 6.68. The lowest BCUT2D eigenvalue weighted by molar-refractivity contribution is 0.0695. The lowest BCUT2D eigenvalue weighted by atomic mass is 10.1. The maximum atomic E-state index is 11.1. The Balaban J connectivity index is 1.85. The van der Waals surface area contributed by atoms with Crippen molar-refractivity contribution in [2.45, 2.75) is 32.4 Å². The fourth-order valence-electron chi connectivity index (χ4n) is 2.58. The minimum Gasteiger partial charge on any atom is -0.478 e. The van der Waals surface area contributed by atoms with E-state index >= 15 is 0 Å². The molecule has 104 valence electrons. The van der Waals surface area contributed by atoms with Crippen molar-refractivity contribution in [2.75, 3.05) is 19.6 Å². The normalized spacial score (nSPS) is 17.5. The highest BCUT2D eigenvalue weighted by Gasteiger charge is 2.15. The van der Waals surface area contributed by atoms with Gasteiger partial charge in [-0.25, -0.2) is 4.79 Å². The fourth-order valence-corrected chi connectivity index (χ4v) is 2.58. The smallest absolute Gasteiger partial charge is 0.336 e. The molecule has 1 aromatic rings. The van der Waals surface area contributed by atoms with Crippen molar-refractivity contribution < 1.29 is 9.90 Å². The molecule has 1 heterocycles. The maximum absolute atomic E-state index is 11.1. The molecule has 0 bridgehead atoms. The molecule has 4 heteroatoms. The first-order chi connectivity index (χ1) is 9.16. The van der Waals surface area contributed by atoms with Gasteiger partial charge >= 0.3 is 5.97 Å². The molecule has 1 fully saturated rings. The topological polar surface area (TPSA) is 52.6 Å². The van der Waals surface area contributed by atoms with Crippen LogP contribution in [0.25, 0.3) is 0 Å². The molecule has 0 spiro atoms. The van der Waals surface area contributed by atoms with Crippen LogP contribution in [0.4, 0.5) is 0 Å². The number of rotatable bonds is 6. The fraction of sp³-hybridized carbons (Fsp3) is 0.533. The Morgan fingerprint density at radius 3 is 2.74 bits per heavy atom. The van der Waals surface area contributed by atoms with Crippen molar-refractivity contribution in [1.29, 1.82) is 0 Å². The third-order valence-corrected chi connectivity index (χ3v) is 3.62. The molecule has 1 aromatic carbocycles. The summed E-state index contributed by atoms with van der Waals surface area (Å²) in [4.78, 5) is 13.6. The molecule has 19 heavy (non-hydrogen) atoms. The maximum Gasteiger partial charge on any atom is 0.336 e. The number of aromatic carboxylic acids is 1. The summed E-state index contributed by atoms with van der Waals surface area (Å²) in [6.45, 7) is 6.18. The second-order valence-corrected chi connectivity index (χ2v) is 5.25. The van der Waals surface area contributed by atoms with Gasteiger partial charge in [-0.15, -0.1) is 0 Å². The van der Waals surface area contributed by atoms with Crippen LogP contribution in [0.3, 0.4) is 0 Å². The minimum absolute atomic E-state index is 0.375. The molecule has 4 nitrogen and oxygen atoms in total. The summed E-state index contributed by atoms with van der Waals surface area (Å²) in [5.41, 5.74) is 1.24. The number of hydrogen-bond donors (Lipinski definition) is 2. The molecule has 1 saturated heterocycles. The quantitative estimate of drug-likeness (QED) is 0.823. The highest BCUT2D eigenvalue weighted by molar-refractivity contribution is 5.89. The van der Waals surface area contributed by atoms with Gasteiger partial charge in [-0.1, -0.05) is 18.2 Å². The molecule has 0 saturated carbocycles. The largest absolute Gasteiger partial charge is 0.478 e. The first-order valence-corrected chi connectivity index (χ1v) is 6.94. The molecule has 1 aliphatic rings. The van der Waals surface area contributed by atoms with Gasteiger partial charge in [0.25, 0.3) is 0 Å². The van der Waals surface area contributed by atoms with E-state index in [0.29, 0.717) is 18.2 Å². The zero-order valence-corrected chi connectivity index (χ0v) is 11.4. The molecule has 0 radical (unpaired) electrons. The van der Waals surface area contributed by atoms with Crippen LogP contribution in [0.1, 0.15) is 35.7 Å². The highest BCUT2D eigenvalue weighted by Crippen LogP contribution is 2.10. The Hall–Kier alpha value is -1.39. The number of carboxylic acid groups (broad SMARTS) is 1. The van der Waals surface area contributed by atoms with Gasteiger partial charge in [0, 0.05) is 19.1 Å². The monoisotopic (exact) mass is 262 g/mol. The van der Waals surface area contributed by atoms with E-state index in [2.05, 4.69) is 17.1 Å². The van der Waals surface area contributed by atoms with Crippen LogP contribution in [0, 0.1) is 0 Å². The van der Waals surface area contributed by atoms with Crippen molar-refractivity contribution in [3.8, 4) is 0 Å². The number of carboxylic acids is 1. The van der Waals surface area contributed by atoms with Gasteiger partial charge in [0.1, 0.15) is 0 Å². The zero-order chi connectivity index (χ0) is 13.7. The minimum atomic E-state index is -0.857. The van der Waals surface area contributed by atoms with Crippen molar-refractivity contribution in [3.63, 3.8) is 0 Å². The van der Waals surface area contributed by atoms with E-state index in [1.54, 1.807) is 12.1 Å². The van der Waals surface area contributed by atoms with Gasteiger partial charge in [0.2, 0.25) is 0 Å². The molecular formula is C15H22N2O2. The number of carbonyl (C=O) groups is 1. The molecule has 0 amide bonds. The Morgan fingerprint density at radius 2 is 2.05 bits per heavy atom. The zero-order valence-electron chi connectivity index (χ0n) is 11.4. The molecule has 1 unspecified atom stereocenters. The first kappa shape index (κ1) is 14.0. The Morgan fingerprint density at radius 1 is 1.37 bits per heavy atom. The molecule has 2 N–H and O–H groups in total. The summed E-state index contributed by atoms with van der Waals surface area (Å²) >= 11 is 0. The van der Waals surface area contributed by atoms with Gasteiger partial charge in [-0.05, 0) is 44.5 Å². The third-order valence-electron chi connectivity index (χ3n) is 3.62. The van der Waals surface area contributed by atoms with Crippen LogP contribution in [-0.2, 0) is 6.54 Å². The summed E-state index contributed by atoms with van der Waals surface area (Å²) < 4.78 is 0. The van der Waals surface area contributed by atoms with Crippen molar-refractivity contribution in [2.24, 2.45) is 0 Å². The van der Waals surface area contributed by atoms with Gasteiger partial charge in [0.05, 0.1) is 5.56 Å². The lowest BCUT2D eigenvalue weighted by Crippen LogP contribution is -2.37. The van der Waals surface area contributed by atoms with Crippen LogP contribution < -0.4 is 5.32 Å². The second-order valence-electron chi connectivity index (χ2n) is 5.25. The first-order valence-electron chi connectivity index (χ1n) is 6.94. The predicted octanol–water partition coefficient (Wildman–Crippen LogP) is 1.96. The summed E-state index contributed by atoms with van der Waals surface area (Å²) in [5, 5.41) is 12.5. The number of hydrogen-bond acceptors (Lipinski definition) is 3. The number of nitrogens with zero attached hydrogens (tertiary/aromatic N) is 1. The van der Waals surface area contributed by atoms with E-state index in [4.69, 9.17) is 5.11 Å². The Kier molecular flexibility index (Phi) is 4.93. The molecule has 0 aromatic heterocycles. The van der Waals surface area contributed by atoms with Gasteiger partial charge in [-0.2, -0.15) is 0 Å². The van der Waals surface area contributed by atoms with Crippen molar-refractivity contribution >= 4 is 5.97 Å². The SMILES string of the molecule is CC(CN1CCCC1)NCc1ccccc1C(=O)O. The number of nitrogens with one attached hydrogen (secondary N) is 1. The van der Waals surface area contributed by atoms with E-state index in [9.17, 15) is 4.79 Å². The number of likely N-dealkylation sites (tertiary alicyclic amines) is 1. The molecular weight excluding hydrogens is 240 g/mol. The average molecular weight is 262 g/mol. The lowest BCUT2D eigenvalue weighted by Gasteiger charge is -2.21. The van der Waals surface area contributed by atoms with Crippen molar-refractivity contribution in [3.05, 3.63) is 35.4 Å². The Labute approximate surface area is 114 Å². The van der Waals surface area contributed by atoms with E-state index < -0.39 is 5.97 Å². The van der Waals surface area contributed by atoms with Crippen LogP contribution in [0.2, 0.25) is 0 Å². The molecule has 2 rings (SSSR count). The molecule has 1 atom stereocenters. The van der Waals surface area contributed by atoms with Gasteiger partial charge < -0.3 is 15.3 Å². The predicted molar refractivity (Wildman–Crippen MR) is 75.4 cm³/mol. The van der Waals surface area contributed by atoms with Crippen LogP contribution in [-0.4, -0.2) is 41.7 Å². The Bertz CT molecular complexity index is 428. The molecule has 1 aliphatic heterocycles. The van der Waals surface area contributed by atoms with Gasteiger partial charge in [0.15, 0.2) is 0 Å². The van der Waals surface area contributed by atoms with E-state index in [-0.39, 0.29) is 0 Å². The summed E-state index contributed by atoms with van der Waals surface area (Å²) in [6, 6.07) is 7.55. The van der Waals surface area contributed by atoms with Crippen LogP contribution in [0.5, 0.6) is 0 Å². The number of benzene rings is 1. The standard InChI is InChI=1S/C15H22N2O2/c1-12(11-17-8-4-5-9-17)16-10-13-6-2-3-7-14(13)15(18)19/h2-3,6-7,12,16H,4-5,8-11H2,1H3,(H,18,19). The van der Waals surface area contributed by atoms with E-state index in [1.807, 2.05) is 12.1 Å². The highest BCUT2D eigenvalue weighted by atomic mass is 16.4. The van der Waals surface area contributed by atoms with E-state index in [0.717, 1.165) is 12.1 Å². The van der Waals surface area contributed by atoms with Crippen LogP contribution in [0.15, 0.2) is 24.3 Å². The third kappa shape index (κ3) is 4.04. The average Bonchev–Trinajstić information content (AvgIpc) is 2.89. The summed E-state index contributed by atoms with van der Waals surface area (Å²) in [5.74, 6) is -0.857. The van der Waals surface area contributed by atoms with E-state index in [1.165, 1.54) is 25.9 Å².